The van der Waals surface area contributed by atoms with Crippen molar-refractivity contribution in [3.8, 4) is 18.4 Å². The fourth-order valence-corrected chi connectivity index (χ4v) is 5.26. The molecule has 0 saturated carbocycles. The van der Waals surface area contributed by atoms with E-state index in [1.165, 1.54) is 18.2 Å². The average Bonchev–Trinajstić information content (AvgIpc) is 3.09. The van der Waals surface area contributed by atoms with Gasteiger partial charge in [-0.1, -0.05) is 52.0 Å². The summed E-state index contributed by atoms with van der Waals surface area (Å²) >= 11 is 0. The van der Waals surface area contributed by atoms with Crippen LogP contribution < -0.4 is 5.32 Å². The lowest BCUT2D eigenvalue weighted by atomic mass is 9.94. The number of nitriles is 1. The number of aliphatic carboxylic acids is 1. The third kappa shape index (κ3) is 12.4. The molecule has 0 spiro atoms. The lowest BCUT2D eigenvalue weighted by Crippen LogP contribution is -2.43. The summed E-state index contributed by atoms with van der Waals surface area (Å²) in [6.45, 7) is 9.30. The van der Waals surface area contributed by atoms with Crippen LogP contribution in [0.2, 0.25) is 0 Å². The summed E-state index contributed by atoms with van der Waals surface area (Å²) in [6, 6.07) is 2.00. The summed E-state index contributed by atoms with van der Waals surface area (Å²) in [7, 11) is -1.66. The predicted octanol–water partition coefficient (Wildman–Crippen LogP) is 3.98. The largest absolute Gasteiger partial charge is 0.478 e. The zero-order valence-electron chi connectivity index (χ0n) is 22.4. The van der Waals surface area contributed by atoms with E-state index in [0.717, 1.165) is 6.42 Å². The van der Waals surface area contributed by atoms with Gasteiger partial charge in [0.05, 0.1) is 17.4 Å². The summed E-state index contributed by atoms with van der Waals surface area (Å²) < 4.78 is 26.1. The van der Waals surface area contributed by atoms with Gasteiger partial charge >= 0.3 is 5.97 Å². The molecule has 8 nitrogen and oxygen atoms in total. The van der Waals surface area contributed by atoms with Gasteiger partial charge in [0.1, 0.15) is 6.29 Å². The van der Waals surface area contributed by atoms with Gasteiger partial charge in [-0.3, -0.25) is 4.79 Å². The molecular formula is C28H39N3O5S. The Morgan fingerprint density at radius 2 is 1.89 bits per heavy atom. The molecule has 0 amide bonds. The average molecular weight is 530 g/mol. The molecule has 202 valence electrons. The Labute approximate surface area is 222 Å². The molecule has 37 heavy (non-hydrogen) atoms. The predicted molar refractivity (Wildman–Crippen MR) is 148 cm³/mol. The topological polar surface area (TPSA) is 128 Å². The smallest absolute Gasteiger partial charge is 0.337 e. The zero-order chi connectivity index (χ0) is 28.4. The molecule has 2 unspecified atom stereocenters. The van der Waals surface area contributed by atoms with Gasteiger partial charge in [-0.15, -0.1) is 12.3 Å². The van der Waals surface area contributed by atoms with E-state index in [-0.39, 0.29) is 11.3 Å². The minimum absolute atomic E-state index is 0.0896. The summed E-state index contributed by atoms with van der Waals surface area (Å²) in [6.07, 6.45) is 16.9. The number of hydrogen-bond donors (Lipinski definition) is 2. The van der Waals surface area contributed by atoms with Crippen LogP contribution in [0.25, 0.3) is 0 Å². The Hall–Kier alpha value is -3.40. The van der Waals surface area contributed by atoms with Crippen LogP contribution in [0.4, 0.5) is 0 Å². The van der Waals surface area contributed by atoms with Crippen LogP contribution in [-0.4, -0.2) is 56.0 Å². The highest BCUT2D eigenvalue weighted by Gasteiger charge is 2.29. The van der Waals surface area contributed by atoms with Crippen LogP contribution in [0.1, 0.15) is 47.0 Å². The number of nitrogens with one attached hydrogen (secondary N) is 1. The fourth-order valence-electron chi connectivity index (χ4n) is 3.74. The van der Waals surface area contributed by atoms with E-state index in [4.69, 9.17) is 16.8 Å². The van der Waals surface area contributed by atoms with E-state index in [1.54, 1.807) is 29.6 Å². The van der Waals surface area contributed by atoms with Gasteiger partial charge in [0.25, 0.3) is 0 Å². The normalized spacial score (nSPS) is 20.2. The Balaban J connectivity index is 0.000000702. The highest BCUT2D eigenvalue weighted by Crippen LogP contribution is 2.23. The van der Waals surface area contributed by atoms with E-state index in [2.05, 4.69) is 25.1 Å². The Morgan fingerprint density at radius 3 is 2.38 bits per heavy atom. The van der Waals surface area contributed by atoms with Crippen LogP contribution in [0, 0.1) is 35.5 Å². The number of carboxylic acids is 1. The molecule has 1 aliphatic carbocycles. The molecule has 2 aliphatic rings. The van der Waals surface area contributed by atoms with E-state index in [1.807, 2.05) is 19.9 Å². The monoisotopic (exact) mass is 529 g/mol. The molecule has 2 rings (SSSR count). The number of carbonyl (C=O) groups excluding carboxylic acids is 1. The van der Waals surface area contributed by atoms with Gasteiger partial charge in [0.15, 0.2) is 0 Å². The number of sulfonamides is 1. The minimum atomic E-state index is -3.31. The van der Waals surface area contributed by atoms with E-state index in [9.17, 15) is 18.0 Å². The SMILES string of the molecule is C#CC/C=C(C=O)\C=C/CS(=O)(=O)N1CC(C)CC(C)C1.CC.CNC1=CC=C(C#N)CC=C1C(=O)O. The summed E-state index contributed by atoms with van der Waals surface area (Å²) in [5.41, 5.74) is 1.68. The summed E-state index contributed by atoms with van der Waals surface area (Å²) in [5.74, 6) is 2.09. The highest BCUT2D eigenvalue weighted by molar-refractivity contribution is 7.89. The van der Waals surface area contributed by atoms with E-state index in [0.29, 0.717) is 60.9 Å². The lowest BCUT2D eigenvalue weighted by Gasteiger charge is -2.33. The van der Waals surface area contributed by atoms with Crippen LogP contribution in [0.3, 0.4) is 0 Å². The van der Waals surface area contributed by atoms with Crippen molar-refractivity contribution in [3.05, 3.63) is 58.9 Å². The molecule has 9 heteroatoms. The number of piperidine rings is 1. The number of carbonyl (C=O) groups is 2. The molecular weight excluding hydrogens is 490 g/mol. The molecule has 2 N–H and O–H groups in total. The Morgan fingerprint density at radius 1 is 1.27 bits per heavy atom. The van der Waals surface area contributed by atoms with Gasteiger partial charge < -0.3 is 10.4 Å². The lowest BCUT2D eigenvalue weighted by molar-refractivity contribution is -0.132. The van der Waals surface area contributed by atoms with Crippen molar-refractivity contribution in [2.75, 3.05) is 25.9 Å². The summed E-state index contributed by atoms with van der Waals surface area (Å²) in [4.78, 5) is 21.6. The molecule has 1 aliphatic heterocycles. The molecule has 1 fully saturated rings. The number of aldehydes is 1. The van der Waals surface area contributed by atoms with Gasteiger partial charge in [-0.25, -0.2) is 17.5 Å². The van der Waals surface area contributed by atoms with Crippen molar-refractivity contribution < 1.29 is 23.1 Å². The number of likely N-dealkylation sites (N-methyl/N-ethyl adjacent to an activating group) is 1. The van der Waals surface area contributed by atoms with Crippen molar-refractivity contribution in [2.45, 2.75) is 47.0 Å². The first-order chi connectivity index (χ1) is 17.6. The molecule has 0 aromatic carbocycles. The Kier molecular flexibility index (Phi) is 16.3. The minimum Gasteiger partial charge on any atom is -0.478 e. The molecule has 0 radical (unpaired) electrons. The third-order valence-corrected chi connectivity index (χ3v) is 7.05. The van der Waals surface area contributed by atoms with Crippen molar-refractivity contribution in [1.29, 1.82) is 5.26 Å². The van der Waals surface area contributed by atoms with E-state index >= 15 is 0 Å². The van der Waals surface area contributed by atoms with Crippen molar-refractivity contribution >= 4 is 22.3 Å². The van der Waals surface area contributed by atoms with E-state index < -0.39 is 16.0 Å². The second kappa shape index (κ2) is 17.9. The zero-order valence-corrected chi connectivity index (χ0v) is 23.2. The second-order valence-electron chi connectivity index (χ2n) is 8.44. The first kappa shape index (κ1) is 33.6. The standard InChI is InChI=1S/C16H23NO3S.C10H10N2O2.C2H6/c1-4-5-7-16(13-18)8-6-9-21(19,20)17-11-14(2)10-15(3)12-17;1-12-9-5-3-7(6-11)2-4-8(9)10(13)14;1-2/h1,6-8,13-15H,5,9-12H2,2-3H3;3-5,12H,2H2,1H3,(H,13,14);1-2H3/b8-6-,16-7+;;. The van der Waals surface area contributed by atoms with Crippen LogP contribution >= 0.6 is 0 Å². The maximum atomic E-state index is 12.3. The van der Waals surface area contributed by atoms with Gasteiger partial charge in [0, 0.05) is 49.8 Å². The van der Waals surface area contributed by atoms with Gasteiger partial charge in [0.2, 0.25) is 10.0 Å². The quantitative estimate of drug-likeness (QED) is 0.211. The van der Waals surface area contributed by atoms with Crippen molar-refractivity contribution in [2.24, 2.45) is 11.8 Å². The van der Waals surface area contributed by atoms with Gasteiger partial charge in [-0.05, 0) is 30.4 Å². The molecule has 0 aromatic rings. The molecule has 2 atom stereocenters. The number of rotatable bonds is 8. The molecule has 1 saturated heterocycles. The fraction of sp³-hybridized carbons (Fsp3) is 0.464. The van der Waals surface area contributed by atoms with Crippen molar-refractivity contribution in [3.63, 3.8) is 0 Å². The van der Waals surface area contributed by atoms with Crippen LogP contribution in [0.5, 0.6) is 0 Å². The number of nitrogens with zero attached hydrogens (tertiary/aromatic N) is 2. The molecule has 0 aromatic heterocycles. The number of allylic oxidation sites excluding steroid dienone is 7. The highest BCUT2D eigenvalue weighted by atomic mass is 32.2. The van der Waals surface area contributed by atoms with Crippen LogP contribution in [-0.2, 0) is 19.6 Å². The Bertz CT molecular complexity index is 1110. The third-order valence-electron chi connectivity index (χ3n) is 5.35. The number of carboxylic acid groups (broad SMARTS) is 1. The van der Waals surface area contributed by atoms with Gasteiger partial charge in [-0.2, -0.15) is 5.26 Å². The van der Waals surface area contributed by atoms with Crippen molar-refractivity contribution in [1.82, 2.24) is 9.62 Å². The first-order valence-electron chi connectivity index (χ1n) is 12.2. The second-order valence-corrected chi connectivity index (χ2v) is 10.4. The molecule has 1 heterocycles. The molecule has 0 bridgehead atoms. The maximum Gasteiger partial charge on any atom is 0.337 e. The first-order valence-corrected chi connectivity index (χ1v) is 13.8. The summed E-state index contributed by atoms with van der Waals surface area (Å²) in [5, 5.41) is 20.3. The number of terminal acetylenes is 1. The number of hydrogen-bond acceptors (Lipinski definition) is 6. The maximum absolute atomic E-state index is 12.3. The van der Waals surface area contributed by atoms with Crippen LogP contribution in [0.15, 0.2) is 58.9 Å².